The number of anilines is 1. The van der Waals surface area contributed by atoms with Crippen molar-refractivity contribution in [3.63, 3.8) is 0 Å². The lowest BCUT2D eigenvalue weighted by atomic mass is 9.88. The average Bonchev–Trinajstić information content (AvgIpc) is 3.25. The van der Waals surface area contributed by atoms with Gasteiger partial charge in [-0.05, 0) is 63.7 Å². The number of likely N-dealkylation sites (tertiary alicyclic amines) is 1. The molecule has 0 saturated carbocycles. The number of rotatable bonds is 2. The standard InChI is InChI=1S/C22H25N5O/c1-4-26-21-8-6-15(12-18(21)23-24-26)22(28)27-19-7-5-14(2)11-16(19)17-13-25(3)10-9-20(17)27/h5-8,11-12,17,20H,4,9-10,13H2,1-3H3/t17-,20+/m1/s1. The van der Waals surface area contributed by atoms with Gasteiger partial charge in [-0.15, -0.1) is 5.10 Å². The van der Waals surface area contributed by atoms with Crippen LogP contribution in [0.1, 0.15) is 40.7 Å². The highest BCUT2D eigenvalue weighted by molar-refractivity contribution is 6.09. The van der Waals surface area contributed by atoms with Crippen LogP contribution in [-0.4, -0.2) is 52.0 Å². The van der Waals surface area contributed by atoms with Crippen molar-refractivity contribution in [2.45, 2.75) is 38.8 Å². The van der Waals surface area contributed by atoms with E-state index < -0.39 is 0 Å². The molecule has 2 atom stereocenters. The number of carbonyl (C=O) groups is 1. The van der Waals surface area contributed by atoms with Gasteiger partial charge in [-0.1, -0.05) is 22.9 Å². The van der Waals surface area contributed by atoms with E-state index in [1.165, 1.54) is 11.1 Å². The van der Waals surface area contributed by atoms with Crippen LogP contribution in [0.5, 0.6) is 0 Å². The van der Waals surface area contributed by atoms with E-state index in [-0.39, 0.29) is 11.9 Å². The summed E-state index contributed by atoms with van der Waals surface area (Å²) >= 11 is 0. The van der Waals surface area contributed by atoms with Crippen molar-refractivity contribution in [2.24, 2.45) is 0 Å². The average molecular weight is 375 g/mol. The summed E-state index contributed by atoms with van der Waals surface area (Å²) in [6.07, 6.45) is 0.995. The fraction of sp³-hybridized carbons (Fsp3) is 0.409. The van der Waals surface area contributed by atoms with E-state index in [0.29, 0.717) is 11.5 Å². The van der Waals surface area contributed by atoms with Gasteiger partial charge in [0.05, 0.1) is 5.52 Å². The van der Waals surface area contributed by atoms with Crippen LogP contribution in [0.25, 0.3) is 11.0 Å². The van der Waals surface area contributed by atoms with E-state index in [9.17, 15) is 4.79 Å². The van der Waals surface area contributed by atoms with Gasteiger partial charge in [0.2, 0.25) is 0 Å². The number of aryl methyl sites for hydroxylation is 2. The third-order valence-corrected chi connectivity index (χ3v) is 6.23. The number of benzene rings is 2. The lowest BCUT2D eigenvalue weighted by molar-refractivity contribution is 0.0965. The van der Waals surface area contributed by atoms with Gasteiger partial charge in [-0.3, -0.25) is 4.79 Å². The Labute approximate surface area is 164 Å². The number of amides is 1. The second-order valence-electron chi connectivity index (χ2n) is 8.07. The predicted molar refractivity (Wildman–Crippen MR) is 110 cm³/mol. The molecule has 28 heavy (non-hydrogen) atoms. The summed E-state index contributed by atoms with van der Waals surface area (Å²) < 4.78 is 1.85. The van der Waals surface area contributed by atoms with Gasteiger partial charge in [0, 0.05) is 36.3 Å². The number of likely N-dealkylation sites (N-methyl/N-ethyl adjacent to an activating group) is 1. The van der Waals surface area contributed by atoms with E-state index in [4.69, 9.17) is 0 Å². The zero-order valence-corrected chi connectivity index (χ0v) is 16.6. The minimum absolute atomic E-state index is 0.0649. The first-order valence-electron chi connectivity index (χ1n) is 10.0. The first-order valence-corrected chi connectivity index (χ1v) is 10.0. The Hall–Kier alpha value is -2.73. The summed E-state index contributed by atoms with van der Waals surface area (Å²) in [6, 6.07) is 12.5. The van der Waals surface area contributed by atoms with E-state index in [1.807, 2.05) is 34.7 Å². The Morgan fingerprint density at radius 3 is 2.89 bits per heavy atom. The number of hydrogen-bond acceptors (Lipinski definition) is 4. The molecular weight excluding hydrogens is 350 g/mol. The van der Waals surface area contributed by atoms with Gasteiger partial charge < -0.3 is 9.80 Å². The van der Waals surface area contributed by atoms with Gasteiger partial charge in [-0.2, -0.15) is 0 Å². The monoisotopic (exact) mass is 375 g/mol. The molecule has 0 aliphatic carbocycles. The minimum atomic E-state index is 0.0649. The van der Waals surface area contributed by atoms with Crippen LogP contribution in [0.3, 0.4) is 0 Å². The summed E-state index contributed by atoms with van der Waals surface area (Å²) in [5.74, 6) is 0.442. The summed E-state index contributed by atoms with van der Waals surface area (Å²) in [4.78, 5) is 18.0. The van der Waals surface area contributed by atoms with E-state index in [2.05, 4.69) is 47.4 Å². The molecule has 2 aromatic carbocycles. The Bertz CT molecular complexity index is 1070. The molecule has 1 saturated heterocycles. The molecule has 3 heterocycles. The molecule has 1 fully saturated rings. The number of aromatic nitrogens is 3. The molecule has 1 amide bonds. The van der Waals surface area contributed by atoms with Crippen LogP contribution in [0.2, 0.25) is 0 Å². The van der Waals surface area contributed by atoms with Gasteiger partial charge in [0.1, 0.15) is 5.52 Å². The van der Waals surface area contributed by atoms with Gasteiger partial charge in [0.25, 0.3) is 5.91 Å². The minimum Gasteiger partial charge on any atom is -0.306 e. The Morgan fingerprint density at radius 2 is 2.07 bits per heavy atom. The zero-order chi connectivity index (χ0) is 19.4. The Kier molecular flexibility index (Phi) is 3.98. The SMILES string of the molecule is CCn1nnc2cc(C(=O)N3c4ccc(C)cc4[C@H]4CN(C)CC[C@@H]43)ccc21. The maximum Gasteiger partial charge on any atom is 0.258 e. The molecule has 144 valence electrons. The number of nitrogens with zero attached hydrogens (tertiary/aromatic N) is 5. The molecule has 0 radical (unpaired) electrons. The Balaban J connectivity index is 1.57. The third-order valence-electron chi connectivity index (χ3n) is 6.23. The fourth-order valence-corrected chi connectivity index (χ4v) is 4.82. The van der Waals surface area contributed by atoms with E-state index in [0.717, 1.165) is 42.8 Å². The van der Waals surface area contributed by atoms with Crippen LogP contribution in [0.15, 0.2) is 36.4 Å². The number of piperidine rings is 1. The quantitative estimate of drug-likeness (QED) is 0.690. The van der Waals surface area contributed by atoms with Crippen molar-refractivity contribution in [2.75, 3.05) is 25.0 Å². The molecule has 0 spiro atoms. The van der Waals surface area contributed by atoms with Crippen LogP contribution < -0.4 is 4.90 Å². The molecule has 0 N–H and O–H groups in total. The van der Waals surface area contributed by atoms with Crippen molar-refractivity contribution in [3.8, 4) is 0 Å². The van der Waals surface area contributed by atoms with Crippen LogP contribution >= 0.6 is 0 Å². The summed E-state index contributed by atoms with van der Waals surface area (Å²) in [7, 11) is 2.17. The molecule has 6 heteroatoms. The first kappa shape index (κ1) is 17.4. The maximum atomic E-state index is 13.6. The highest BCUT2D eigenvalue weighted by Gasteiger charge is 2.44. The first-order chi connectivity index (χ1) is 13.6. The number of carbonyl (C=O) groups excluding carboxylic acids is 1. The number of hydrogen-bond donors (Lipinski definition) is 0. The molecule has 0 bridgehead atoms. The molecule has 2 aliphatic heterocycles. The van der Waals surface area contributed by atoms with Crippen molar-refractivity contribution in [1.29, 1.82) is 0 Å². The van der Waals surface area contributed by atoms with Crippen molar-refractivity contribution < 1.29 is 4.79 Å². The van der Waals surface area contributed by atoms with Gasteiger partial charge in [0.15, 0.2) is 0 Å². The third kappa shape index (κ3) is 2.55. The van der Waals surface area contributed by atoms with Gasteiger partial charge in [-0.25, -0.2) is 4.68 Å². The zero-order valence-electron chi connectivity index (χ0n) is 16.6. The largest absolute Gasteiger partial charge is 0.306 e. The molecule has 1 aromatic heterocycles. The lowest BCUT2D eigenvalue weighted by Crippen LogP contribution is -2.47. The van der Waals surface area contributed by atoms with Crippen LogP contribution in [-0.2, 0) is 6.54 Å². The second-order valence-corrected chi connectivity index (χ2v) is 8.07. The number of fused-ring (bicyclic) bond motifs is 4. The van der Waals surface area contributed by atoms with Crippen molar-refractivity contribution in [1.82, 2.24) is 19.9 Å². The summed E-state index contributed by atoms with van der Waals surface area (Å²) in [6.45, 7) is 6.93. The van der Waals surface area contributed by atoms with E-state index in [1.54, 1.807) is 0 Å². The van der Waals surface area contributed by atoms with Gasteiger partial charge >= 0.3 is 0 Å². The maximum absolute atomic E-state index is 13.6. The smallest absolute Gasteiger partial charge is 0.258 e. The Morgan fingerprint density at radius 1 is 1.21 bits per heavy atom. The highest BCUT2D eigenvalue weighted by Crippen LogP contribution is 2.45. The normalized spacial score (nSPS) is 21.8. The summed E-state index contributed by atoms with van der Waals surface area (Å²) in [5, 5.41) is 8.41. The van der Waals surface area contributed by atoms with Crippen molar-refractivity contribution >= 4 is 22.6 Å². The molecule has 3 aromatic rings. The van der Waals surface area contributed by atoms with Crippen LogP contribution in [0.4, 0.5) is 5.69 Å². The predicted octanol–water partition coefficient (Wildman–Crippen LogP) is 3.21. The van der Waals surface area contributed by atoms with E-state index >= 15 is 0 Å². The summed E-state index contributed by atoms with van der Waals surface area (Å²) in [5.41, 5.74) is 6.05. The van der Waals surface area contributed by atoms with Crippen LogP contribution in [0, 0.1) is 6.92 Å². The molecular formula is C22H25N5O. The molecule has 2 aliphatic rings. The topological polar surface area (TPSA) is 54.3 Å². The second kappa shape index (κ2) is 6.41. The molecule has 6 nitrogen and oxygen atoms in total. The molecule has 5 rings (SSSR count). The molecule has 0 unspecified atom stereocenters. The van der Waals surface area contributed by atoms with Crippen molar-refractivity contribution in [3.05, 3.63) is 53.1 Å². The highest BCUT2D eigenvalue weighted by atomic mass is 16.2. The fourth-order valence-electron chi connectivity index (χ4n) is 4.82. The lowest BCUT2D eigenvalue weighted by Gasteiger charge is -2.36.